The zero-order valence-electron chi connectivity index (χ0n) is 14.5. The number of carbonyl (C=O) groups excluding carboxylic acids is 2. The number of hydrogen-bond acceptors (Lipinski definition) is 10. The van der Waals surface area contributed by atoms with Crippen LogP contribution in [-0.4, -0.2) is 40.6 Å². The van der Waals surface area contributed by atoms with Gasteiger partial charge in [-0.2, -0.15) is 0 Å². The molecule has 1 saturated heterocycles. The summed E-state index contributed by atoms with van der Waals surface area (Å²) in [7, 11) is 0. The highest BCUT2D eigenvalue weighted by Crippen LogP contribution is 2.21. The van der Waals surface area contributed by atoms with Crippen LogP contribution in [0.25, 0.3) is 0 Å². The first-order valence-electron chi connectivity index (χ1n) is 8.29. The molecule has 0 unspecified atom stereocenters. The molecule has 0 amide bonds. The van der Waals surface area contributed by atoms with Gasteiger partial charge in [-0.15, -0.1) is 0 Å². The molecule has 2 rings (SSSR count). The quantitative estimate of drug-likeness (QED) is 0.272. The van der Waals surface area contributed by atoms with Gasteiger partial charge in [0.15, 0.2) is 0 Å². The van der Waals surface area contributed by atoms with Crippen LogP contribution in [0.2, 0.25) is 0 Å². The summed E-state index contributed by atoms with van der Waals surface area (Å²) < 4.78 is 5.06. The van der Waals surface area contributed by atoms with E-state index >= 15 is 0 Å². The van der Waals surface area contributed by atoms with Gasteiger partial charge in [-0.1, -0.05) is 6.07 Å². The van der Waals surface area contributed by atoms with Crippen LogP contribution in [0.3, 0.4) is 0 Å². The maximum Gasteiger partial charge on any atom is 0.330 e. The summed E-state index contributed by atoms with van der Waals surface area (Å²) in [5, 5.41) is 20.7. The first kappa shape index (κ1) is 20.7. The van der Waals surface area contributed by atoms with Gasteiger partial charge in [-0.05, 0) is 24.5 Å². The van der Waals surface area contributed by atoms with Crippen LogP contribution in [0.1, 0.15) is 36.8 Å². The second-order valence-corrected chi connectivity index (χ2v) is 5.60. The molecule has 1 aliphatic rings. The number of nitro benzene ring substituents is 1. The van der Waals surface area contributed by atoms with Gasteiger partial charge in [-0.3, -0.25) is 19.7 Å². The van der Waals surface area contributed by atoms with Gasteiger partial charge in [0.1, 0.15) is 25.2 Å². The first-order chi connectivity index (χ1) is 13.0. The van der Waals surface area contributed by atoms with Crippen molar-refractivity contribution in [2.24, 2.45) is 0 Å². The van der Waals surface area contributed by atoms with Gasteiger partial charge in [0.25, 0.3) is 5.69 Å². The minimum absolute atomic E-state index is 0.0886. The highest BCUT2D eigenvalue weighted by atomic mass is 17.2. The van der Waals surface area contributed by atoms with E-state index in [4.69, 9.17) is 24.4 Å². The number of benzene rings is 1. The highest BCUT2D eigenvalue weighted by molar-refractivity contribution is 5.70. The number of carbonyl (C=O) groups is 2. The molecule has 0 radical (unpaired) electrons. The van der Waals surface area contributed by atoms with E-state index in [1.807, 2.05) is 0 Å². The average Bonchev–Trinajstić information content (AvgIpc) is 3.16. The Labute approximate surface area is 154 Å². The van der Waals surface area contributed by atoms with Crippen LogP contribution >= 0.6 is 0 Å². The molecule has 1 aromatic carbocycles. The Morgan fingerprint density at radius 3 is 2.48 bits per heavy atom. The molecule has 0 bridgehead atoms. The minimum atomic E-state index is -0.603. The van der Waals surface area contributed by atoms with Crippen LogP contribution in [0, 0.1) is 10.1 Å². The second-order valence-electron chi connectivity index (χ2n) is 5.60. The van der Waals surface area contributed by atoms with E-state index < -0.39 is 23.5 Å². The first-order valence-corrected chi connectivity index (χ1v) is 8.29. The molecule has 1 N–H and O–H groups in total. The zero-order valence-corrected chi connectivity index (χ0v) is 14.5. The topological polar surface area (TPSA) is 138 Å². The highest BCUT2D eigenvalue weighted by Gasteiger charge is 2.19. The summed E-state index contributed by atoms with van der Waals surface area (Å²) in [6, 6.07) is 4.22. The average molecular weight is 384 g/mol. The van der Waals surface area contributed by atoms with Gasteiger partial charge in [0.2, 0.25) is 0 Å². The van der Waals surface area contributed by atoms with Crippen molar-refractivity contribution in [2.45, 2.75) is 38.9 Å². The van der Waals surface area contributed by atoms with Crippen molar-refractivity contribution < 1.29 is 38.9 Å². The number of nitrogens with zero attached hydrogens (tertiary/aromatic N) is 2. The molecule has 1 heterocycles. The Bertz CT molecular complexity index is 674. The number of unbranched alkanes of at least 4 members (excludes halogenated alkanes) is 1. The Morgan fingerprint density at radius 2 is 1.85 bits per heavy atom. The van der Waals surface area contributed by atoms with E-state index in [1.54, 1.807) is 6.07 Å². The van der Waals surface area contributed by atoms with Crippen molar-refractivity contribution in [2.75, 3.05) is 13.2 Å². The van der Waals surface area contributed by atoms with Crippen molar-refractivity contribution in [1.82, 2.24) is 5.39 Å². The fourth-order valence-corrected chi connectivity index (χ4v) is 2.22. The summed E-state index contributed by atoms with van der Waals surface area (Å²) in [5.74, 6) is -1.02. The van der Waals surface area contributed by atoms with Crippen LogP contribution in [0.15, 0.2) is 18.2 Å². The molecule has 148 valence electrons. The van der Waals surface area contributed by atoms with Gasteiger partial charge in [0.05, 0.1) is 17.1 Å². The van der Waals surface area contributed by atoms with E-state index in [9.17, 15) is 19.7 Å². The fraction of sp³-hybridized carbons (Fsp3) is 0.500. The predicted molar refractivity (Wildman–Crippen MR) is 87.1 cm³/mol. The normalized spacial score (nSPS) is 14.1. The van der Waals surface area contributed by atoms with E-state index in [1.165, 1.54) is 12.1 Å². The third kappa shape index (κ3) is 6.90. The van der Waals surface area contributed by atoms with Crippen molar-refractivity contribution in [1.29, 1.82) is 0 Å². The van der Waals surface area contributed by atoms with Crippen LogP contribution in [-0.2, 0) is 42.1 Å². The molecule has 0 spiro atoms. The lowest BCUT2D eigenvalue weighted by Gasteiger charge is -2.10. The summed E-state index contributed by atoms with van der Waals surface area (Å²) in [4.78, 5) is 47.9. The summed E-state index contributed by atoms with van der Waals surface area (Å²) in [5.41, 5.74) is 0.406. The molecule has 1 aromatic rings. The van der Waals surface area contributed by atoms with Crippen LogP contribution < -0.4 is 0 Å². The number of aliphatic hydroxyl groups is 1. The lowest BCUT2D eigenvalue weighted by molar-refractivity contribution is -0.460. The van der Waals surface area contributed by atoms with Crippen molar-refractivity contribution >= 4 is 17.6 Å². The summed E-state index contributed by atoms with van der Waals surface area (Å²) >= 11 is 0. The smallest absolute Gasteiger partial charge is 0.330 e. The summed E-state index contributed by atoms with van der Waals surface area (Å²) in [6.07, 6.45) is 1.02. The molecule has 0 saturated carbocycles. The van der Waals surface area contributed by atoms with Gasteiger partial charge in [-0.25, -0.2) is 9.68 Å². The number of aliphatic hydroxyl groups excluding tert-OH is 1. The SMILES string of the molecule is O=C(CCCCC(=O)ON1OCCO1)OCc1ccc(CO)c([N+](=O)[O-])c1. The Morgan fingerprint density at radius 1 is 1.19 bits per heavy atom. The molecule has 1 aliphatic heterocycles. The lowest BCUT2D eigenvalue weighted by Crippen LogP contribution is -2.21. The van der Waals surface area contributed by atoms with E-state index in [0.29, 0.717) is 37.0 Å². The third-order valence-electron chi connectivity index (χ3n) is 3.58. The number of ether oxygens (including phenoxy) is 1. The zero-order chi connectivity index (χ0) is 19.6. The van der Waals surface area contributed by atoms with E-state index in [0.717, 1.165) is 0 Å². The standard InChI is InChI=1S/C16H20N2O9/c19-10-13-6-5-12(9-14(13)17(22)23)11-24-15(20)3-1-2-4-16(21)27-18-25-7-8-26-18/h5-6,9,19H,1-4,7-8,10-11H2. The number of rotatable bonds is 10. The van der Waals surface area contributed by atoms with Gasteiger partial charge in [0, 0.05) is 18.9 Å². The maximum absolute atomic E-state index is 11.7. The molecule has 0 atom stereocenters. The maximum atomic E-state index is 11.7. The number of esters is 1. The molecular formula is C16H20N2O9. The lowest BCUT2D eigenvalue weighted by atomic mass is 10.1. The Balaban J connectivity index is 1.65. The number of nitro groups is 1. The summed E-state index contributed by atoms with van der Waals surface area (Å²) in [6.45, 7) is 0.0574. The molecule has 1 fully saturated rings. The molecule has 0 aromatic heterocycles. The monoisotopic (exact) mass is 384 g/mol. The van der Waals surface area contributed by atoms with Crippen molar-refractivity contribution in [3.8, 4) is 0 Å². The largest absolute Gasteiger partial charge is 0.461 e. The van der Waals surface area contributed by atoms with Gasteiger partial charge < -0.3 is 14.7 Å². The van der Waals surface area contributed by atoms with Gasteiger partial charge >= 0.3 is 11.9 Å². The van der Waals surface area contributed by atoms with Crippen molar-refractivity contribution in [3.63, 3.8) is 0 Å². The second kappa shape index (κ2) is 10.5. The number of hydrogen-bond donors (Lipinski definition) is 1. The molecule has 11 heteroatoms. The molecule has 11 nitrogen and oxygen atoms in total. The fourth-order valence-electron chi connectivity index (χ4n) is 2.22. The van der Waals surface area contributed by atoms with Crippen LogP contribution in [0.5, 0.6) is 0 Å². The minimum Gasteiger partial charge on any atom is -0.461 e. The van der Waals surface area contributed by atoms with Crippen molar-refractivity contribution in [3.05, 3.63) is 39.4 Å². The third-order valence-corrected chi connectivity index (χ3v) is 3.58. The molecule has 0 aliphatic carbocycles. The Kier molecular flexibility index (Phi) is 8.07. The Hall–Kier alpha value is -2.60. The molecule has 27 heavy (non-hydrogen) atoms. The predicted octanol–water partition coefficient (Wildman–Crippen LogP) is 1.33. The van der Waals surface area contributed by atoms with E-state index in [2.05, 4.69) is 0 Å². The van der Waals surface area contributed by atoms with Crippen LogP contribution in [0.4, 0.5) is 5.69 Å². The van der Waals surface area contributed by atoms with E-state index in [-0.39, 0.29) is 30.7 Å². The molecular weight excluding hydrogens is 364 g/mol.